The monoisotopic (exact) mass is 354 g/mol. The lowest BCUT2D eigenvalue weighted by atomic mass is 9.95. The van der Waals surface area contributed by atoms with Crippen LogP contribution < -0.4 is 22.1 Å². The highest BCUT2D eigenvalue weighted by atomic mass is 16.1. The van der Waals surface area contributed by atoms with Crippen molar-refractivity contribution < 1.29 is 4.79 Å². The third-order valence-corrected chi connectivity index (χ3v) is 4.73. The molecule has 1 fully saturated rings. The Bertz CT molecular complexity index is 815. The lowest BCUT2D eigenvalue weighted by Gasteiger charge is -2.28. The maximum Gasteiger partial charge on any atom is 0.254 e. The molecule has 1 aromatic heterocycles. The van der Waals surface area contributed by atoms with Gasteiger partial charge in [-0.2, -0.15) is 4.98 Å². The van der Waals surface area contributed by atoms with Crippen LogP contribution in [0.2, 0.25) is 0 Å². The number of amides is 1. The van der Waals surface area contributed by atoms with Gasteiger partial charge in [0.25, 0.3) is 5.91 Å². The predicted octanol–water partition coefficient (Wildman–Crippen LogP) is 2.56. The van der Waals surface area contributed by atoms with Crippen molar-refractivity contribution in [1.29, 1.82) is 0 Å². The minimum Gasteiger partial charge on any atom is -0.365 e. The fraction of sp³-hybridized carbons (Fsp3) is 0.421. The van der Waals surface area contributed by atoms with E-state index in [1.54, 1.807) is 0 Å². The van der Waals surface area contributed by atoms with Crippen molar-refractivity contribution >= 4 is 23.4 Å². The number of primary amides is 1. The molecule has 0 saturated heterocycles. The SMILES string of the molecule is Cc1cccc(Nc2nc(N[C@H](C(C)C)C3(N)CC3)ncc2C(N)=O)c1. The highest BCUT2D eigenvalue weighted by Gasteiger charge is 2.47. The quantitative estimate of drug-likeness (QED) is 0.607. The Kier molecular flexibility index (Phi) is 4.82. The number of carbonyl (C=O) groups excluding carboxylic acids is 1. The van der Waals surface area contributed by atoms with Crippen molar-refractivity contribution in [2.45, 2.75) is 45.2 Å². The van der Waals surface area contributed by atoms with Gasteiger partial charge in [-0.15, -0.1) is 0 Å². The Hall–Kier alpha value is -2.67. The van der Waals surface area contributed by atoms with Crippen molar-refractivity contribution in [1.82, 2.24) is 9.97 Å². The second-order valence-electron chi connectivity index (χ2n) is 7.41. The highest BCUT2D eigenvalue weighted by molar-refractivity contribution is 5.98. The minimum atomic E-state index is -0.579. The van der Waals surface area contributed by atoms with Gasteiger partial charge >= 0.3 is 0 Å². The summed E-state index contributed by atoms with van der Waals surface area (Å²) in [6.45, 7) is 6.24. The molecule has 1 saturated carbocycles. The number of benzene rings is 1. The van der Waals surface area contributed by atoms with Gasteiger partial charge in [0.1, 0.15) is 11.4 Å². The summed E-state index contributed by atoms with van der Waals surface area (Å²) in [6.07, 6.45) is 3.41. The first kappa shape index (κ1) is 18.1. The van der Waals surface area contributed by atoms with Crippen molar-refractivity contribution in [2.75, 3.05) is 10.6 Å². The van der Waals surface area contributed by atoms with Crippen LogP contribution in [0.15, 0.2) is 30.5 Å². The van der Waals surface area contributed by atoms with Crippen LogP contribution in [-0.2, 0) is 0 Å². The second kappa shape index (κ2) is 6.92. The minimum absolute atomic E-state index is 0.0637. The van der Waals surface area contributed by atoms with Crippen LogP contribution in [0.25, 0.3) is 0 Å². The molecule has 7 nitrogen and oxygen atoms in total. The van der Waals surface area contributed by atoms with Crippen LogP contribution >= 0.6 is 0 Å². The average Bonchev–Trinajstić information content (AvgIpc) is 3.30. The summed E-state index contributed by atoms with van der Waals surface area (Å²) in [5.74, 6) is 0.560. The van der Waals surface area contributed by atoms with Crippen molar-refractivity contribution in [3.8, 4) is 0 Å². The molecule has 1 heterocycles. The largest absolute Gasteiger partial charge is 0.365 e. The first-order chi connectivity index (χ1) is 12.3. The number of carbonyl (C=O) groups is 1. The Morgan fingerprint density at radius 1 is 1.31 bits per heavy atom. The van der Waals surface area contributed by atoms with Gasteiger partial charge in [-0.25, -0.2) is 4.98 Å². The van der Waals surface area contributed by atoms with Crippen LogP contribution in [-0.4, -0.2) is 27.5 Å². The molecule has 6 N–H and O–H groups in total. The van der Waals surface area contributed by atoms with Crippen LogP contribution in [0.4, 0.5) is 17.5 Å². The molecule has 0 radical (unpaired) electrons. The van der Waals surface area contributed by atoms with Gasteiger partial charge in [0.05, 0.1) is 0 Å². The standard InChI is InChI=1S/C19H26N6O/c1-11(2)15(19(21)7-8-19)24-18-22-10-14(16(20)26)17(25-18)23-13-6-4-5-12(3)9-13/h4-6,9-11,15H,7-8,21H2,1-3H3,(H2,20,26)(H2,22,23,24,25)/t15-/m1/s1. The number of hydrogen-bond donors (Lipinski definition) is 4. The molecule has 3 rings (SSSR count). The molecule has 138 valence electrons. The molecular weight excluding hydrogens is 328 g/mol. The average molecular weight is 354 g/mol. The van der Waals surface area contributed by atoms with Gasteiger partial charge in [-0.05, 0) is 43.4 Å². The summed E-state index contributed by atoms with van der Waals surface area (Å²) in [6, 6.07) is 7.87. The van der Waals surface area contributed by atoms with Gasteiger partial charge < -0.3 is 22.1 Å². The molecular formula is C19H26N6O. The van der Waals surface area contributed by atoms with Gasteiger partial charge in [-0.1, -0.05) is 26.0 Å². The molecule has 1 aliphatic rings. The van der Waals surface area contributed by atoms with E-state index in [4.69, 9.17) is 11.5 Å². The molecule has 1 aromatic carbocycles. The molecule has 0 spiro atoms. The molecule has 1 aliphatic carbocycles. The van der Waals surface area contributed by atoms with Crippen molar-refractivity contribution in [3.05, 3.63) is 41.6 Å². The van der Waals surface area contributed by atoms with Crippen LogP contribution in [0.5, 0.6) is 0 Å². The lowest BCUT2D eigenvalue weighted by molar-refractivity contribution is 0.100. The zero-order valence-electron chi connectivity index (χ0n) is 15.4. The van der Waals surface area contributed by atoms with Gasteiger partial charge in [0, 0.05) is 23.5 Å². The number of aryl methyl sites for hydroxylation is 1. The molecule has 26 heavy (non-hydrogen) atoms. The Labute approximate surface area is 153 Å². The number of hydrogen-bond acceptors (Lipinski definition) is 6. The van der Waals surface area contributed by atoms with E-state index >= 15 is 0 Å². The van der Waals surface area contributed by atoms with Crippen LogP contribution in [0.1, 0.15) is 42.6 Å². The maximum absolute atomic E-state index is 11.8. The number of nitrogens with two attached hydrogens (primary N) is 2. The number of rotatable bonds is 7. The summed E-state index contributed by atoms with van der Waals surface area (Å²) in [5, 5.41) is 6.51. The summed E-state index contributed by atoms with van der Waals surface area (Å²) in [4.78, 5) is 20.5. The molecule has 7 heteroatoms. The highest BCUT2D eigenvalue weighted by Crippen LogP contribution is 2.39. The normalized spacial score (nSPS) is 16.2. The van der Waals surface area contributed by atoms with E-state index in [2.05, 4.69) is 34.4 Å². The molecule has 2 aromatic rings. The molecule has 0 aliphatic heterocycles. The summed E-state index contributed by atoms with van der Waals surface area (Å²) < 4.78 is 0. The third-order valence-electron chi connectivity index (χ3n) is 4.73. The Morgan fingerprint density at radius 2 is 2.04 bits per heavy atom. The molecule has 0 bridgehead atoms. The first-order valence-corrected chi connectivity index (χ1v) is 8.84. The zero-order valence-corrected chi connectivity index (χ0v) is 15.4. The number of anilines is 3. The maximum atomic E-state index is 11.8. The Morgan fingerprint density at radius 3 is 2.62 bits per heavy atom. The van der Waals surface area contributed by atoms with Crippen LogP contribution in [0.3, 0.4) is 0 Å². The van der Waals surface area contributed by atoms with Crippen molar-refractivity contribution in [2.24, 2.45) is 17.4 Å². The van der Waals surface area contributed by atoms with Gasteiger partial charge in [0.2, 0.25) is 5.95 Å². The number of aromatic nitrogens is 2. The van der Waals surface area contributed by atoms with Gasteiger partial charge in [-0.3, -0.25) is 4.79 Å². The zero-order chi connectivity index (χ0) is 18.9. The topological polar surface area (TPSA) is 119 Å². The van der Waals surface area contributed by atoms with E-state index < -0.39 is 5.91 Å². The third kappa shape index (κ3) is 3.94. The molecule has 0 unspecified atom stereocenters. The summed E-state index contributed by atoms with van der Waals surface area (Å²) in [7, 11) is 0. The summed E-state index contributed by atoms with van der Waals surface area (Å²) in [5.41, 5.74) is 13.8. The van der Waals surface area contributed by atoms with E-state index in [-0.39, 0.29) is 17.1 Å². The van der Waals surface area contributed by atoms with Crippen LogP contribution in [0, 0.1) is 12.8 Å². The Balaban J connectivity index is 1.89. The van der Waals surface area contributed by atoms with E-state index in [0.717, 1.165) is 24.1 Å². The van der Waals surface area contributed by atoms with Gasteiger partial charge in [0.15, 0.2) is 0 Å². The summed E-state index contributed by atoms with van der Waals surface area (Å²) >= 11 is 0. The van der Waals surface area contributed by atoms with E-state index in [9.17, 15) is 4.79 Å². The molecule has 1 amide bonds. The number of nitrogens with one attached hydrogen (secondary N) is 2. The fourth-order valence-electron chi connectivity index (χ4n) is 3.16. The fourth-order valence-corrected chi connectivity index (χ4v) is 3.16. The van der Waals surface area contributed by atoms with E-state index in [1.165, 1.54) is 6.20 Å². The predicted molar refractivity (Wildman–Crippen MR) is 103 cm³/mol. The molecule has 1 atom stereocenters. The van der Waals surface area contributed by atoms with E-state index in [1.807, 2.05) is 31.2 Å². The second-order valence-corrected chi connectivity index (χ2v) is 7.41. The number of nitrogens with zero attached hydrogens (tertiary/aromatic N) is 2. The smallest absolute Gasteiger partial charge is 0.254 e. The lowest BCUT2D eigenvalue weighted by Crippen LogP contribution is -2.46. The first-order valence-electron chi connectivity index (χ1n) is 8.84. The van der Waals surface area contributed by atoms with Crippen molar-refractivity contribution in [3.63, 3.8) is 0 Å². The van der Waals surface area contributed by atoms with E-state index in [0.29, 0.717) is 17.7 Å².